The van der Waals surface area contributed by atoms with Crippen molar-refractivity contribution in [1.82, 2.24) is 10.3 Å². The number of nitrogens with zero attached hydrogens (tertiary/aromatic N) is 1. The van der Waals surface area contributed by atoms with Crippen LogP contribution in [0.5, 0.6) is 0 Å². The highest BCUT2D eigenvalue weighted by molar-refractivity contribution is 8.01. The van der Waals surface area contributed by atoms with Gasteiger partial charge in [0.15, 0.2) is 9.84 Å². The lowest BCUT2D eigenvalue weighted by Crippen LogP contribution is -2.51. The van der Waals surface area contributed by atoms with E-state index in [4.69, 9.17) is 5.84 Å². The molecule has 8 heteroatoms. The fraction of sp³-hybridized carbons (Fsp3) is 0.909. The molecule has 0 aromatic heterocycles. The molecule has 19 heavy (non-hydrogen) atoms. The molecule has 3 N–H and O–H groups in total. The summed E-state index contributed by atoms with van der Waals surface area (Å²) in [5.41, 5.74) is 2.10. The maximum atomic E-state index is 12.1. The molecule has 1 aliphatic heterocycles. The Morgan fingerprint density at radius 1 is 1.58 bits per heavy atom. The van der Waals surface area contributed by atoms with Crippen molar-refractivity contribution in [1.29, 1.82) is 0 Å². The van der Waals surface area contributed by atoms with Crippen molar-refractivity contribution in [2.75, 3.05) is 23.8 Å². The van der Waals surface area contributed by atoms with Crippen LogP contribution in [0.3, 0.4) is 0 Å². The van der Waals surface area contributed by atoms with Crippen LogP contribution in [0.1, 0.15) is 26.7 Å². The zero-order valence-electron chi connectivity index (χ0n) is 11.5. The minimum atomic E-state index is -3.08. The predicted molar refractivity (Wildman–Crippen MR) is 78.3 cm³/mol. The minimum absolute atomic E-state index is 0.0597. The number of nitrogens with one attached hydrogen (secondary N) is 1. The zero-order valence-corrected chi connectivity index (χ0v) is 13.1. The molecule has 0 aromatic carbocycles. The van der Waals surface area contributed by atoms with Gasteiger partial charge in [0.1, 0.15) is 5.37 Å². The third-order valence-electron chi connectivity index (χ3n) is 3.46. The molecule has 1 rings (SSSR count). The first-order valence-electron chi connectivity index (χ1n) is 6.46. The highest BCUT2D eigenvalue weighted by atomic mass is 32.2. The first-order valence-corrected chi connectivity index (χ1v) is 9.34. The van der Waals surface area contributed by atoms with Crippen LogP contribution in [0, 0.1) is 0 Å². The number of hydrogen-bond donors (Lipinski definition) is 2. The second-order valence-corrected chi connectivity index (χ2v) is 8.27. The molecule has 0 spiro atoms. The highest BCUT2D eigenvalue weighted by Gasteiger charge is 2.35. The number of thioether (sulfide) groups is 1. The number of sulfone groups is 1. The van der Waals surface area contributed by atoms with Gasteiger partial charge in [-0.3, -0.25) is 15.1 Å². The Kier molecular flexibility index (Phi) is 6.58. The first-order chi connectivity index (χ1) is 8.92. The van der Waals surface area contributed by atoms with Crippen molar-refractivity contribution >= 4 is 27.5 Å². The molecule has 6 nitrogen and oxygen atoms in total. The topological polar surface area (TPSA) is 92.5 Å². The number of carbonyl (C=O) groups is 1. The quantitative estimate of drug-likeness (QED) is 0.406. The molecule has 0 bridgehead atoms. The lowest BCUT2D eigenvalue weighted by atomic mass is 10.1. The largest absolute Gasteiger partial charge is 0.294 e. The Labute approximate surface area is 119 Å². The van der Waals surface area contributed by atoms with E-state index >= 15 is 0 Å². The number of hydrogen-bond acceptors (Lipinski definition) is 6. The van der Waals surface area contributed by atoms with Crippen molar-refractivity contribution in [3.8, 4) is 0 Å². The van der Waals surface area contributed by atoms with Crippen LogP contribution in [0.2, 0.25) is 0 Å². The van der Waals surface area contributed by atoms with Gasteiger partial charge in [0.2, 0.25) is 5.91 Å². The van der Waals surface area contributed by atoms with E-state index in [1.54, 1.807) is 18.7 Å². The summed E-state index contributed by atoms with van der Waals surface area (Å²) in [5.74, 6) is 6.53. The summed E-state index contributed by atoms with van der Waals surface area (Å²) < 4.78 is 24.2. The fourth-order valence-corrected chi connectivity index (χ4v) is 5.31. The van der Waals surface area contributed by atoms with Gasteiger partial charge >= 0.3 is 0 Å². The molecule has 0 aromatic rings. The van der Waals surface area contributed by atoms with Crippen LogP contribution in [0.4, 0.5) is 0 Å². The summed E-state index contributed by atoms with van der Waals surface area (Å²) in [7, 11) is -3.08. The molecule has 2 unspecified atom stereocenters. The predicted octanol–water partition coefficient (Wildman–Crippen LogP) is -0.0454. The van der Waals surface area contributed by atoms with Crippen molar-refractivity contribution < 1.29 is 13.2 Å². The molecular formula is C11H23N3O3S2. The van der Waals surface area contributed by atoms with Crippen molar-refractivity contribution in [2.45, 2.75) is 38.1 Å². The molecule has 1 amide bonds. The third kappa shape index (κ3) is 4.62. The smallest absolute Gasteiger partial charge is 0.233 e. The standard InChI is InChI=1S/C11H23N3O3S2/c1-3-19(16,17)11-8-18-7-6-14(11)9(2)4-5-10(15)13-12/h9,11H,3-8,12H2,1-2H3,(H,13,15). The van der Waals surface area contributed by atoms with Crippen LogP contribution in [0.25, 0.3) is 0 Å². The van der Waals surface area contributed by atoms with Crippen LogP contribution in [0.15, 0.2) is 0 Å². The van der Waals surface area contributed by atoms with Gasteiger partial charge in [0.05, 0.1) is 0 Å². The molecular weight excluding hydrogens is 286 g/mol. The van der Waals surface area contributed by atoms with E-state index in [1.807, 2.05) is 11.8 Å². The normalized spacial score (nSPS) is 23.0. The highest BCUT2D eigenvalue weighted by Crippen LogP contribution is 2.24. The Morgan fingerprint density at radius 2 is 2.26 bits per heavy atom. The van der Waals surface area contributed by atoms with Crippen LogP contribution in [-0.2, 0) is 14.6 Å². The van der Waals surface area contributed by atoms with Crippen LogP contribution < -0.4 is 11.3 Å². The van der Waals surface area contributed by atoms with Gasteiger partial charge in [-0.1, -0.05) is 6.92 Å². The van der Waals surface area contributed by atoms with E-state index in [2.05, 4.69) is 5.43 Å². The van der Waals surface area contributed by atoms with E-state index in [-0.39, 0.29) is 17.7 Å². The van der Waals surface area contributed by atoms with E-state index in [1.165, 1.54) is 0 Å². The van der Waals surface area contributed by atoms with Gasteiger partial charge in [0, 0.05) is 36.3 Å². The number of nitrogens with two attached hydrogens (primary N) is 1. The van der Waals surface area contributed by atoms with Gasteiger partial charge in [-0.25, -0.2) is 14.3 Å². The first kappa shape index (κ1) is 16.7. The molecule has 1 heterocycles. The van der Waals surface area contributed by atoms with Crippen LogP contribution in [-0.4, -0.2) is 54.4 Å². The van der Waals surface area contributed by atoms with E-state index in [0.29, 0.717) is 18.6 Å². The summed E-state index contributed by atoms with van der Waals surface area (Å²) in [5, 5.41) is -0.424. The summed E-state index contributed by atoms with van der Waals surface area (Å²) in [6.45, 7) is 4.40. The van der Waals surface area contributed by atoms with Crippen molar-refractivity contribution in [3.05, 3.63) is 0 Å². The lowest BCUT2D eigenvalue weighted by molar-refractivity contribution is -0.121. The average molecular weight is 309 g/mol. The molecule has 0 radical (unpaired) electrons. The Balaban J connectivity index is 2.69. The number of amides is 1. The summed E-state index contributed by atoms with van der Waals surface area (Å²) >= 11 is 1.68. The maximum Gasteiger partial charge on any atom is 0.233 e. The second-order valence-electron chi connectivity index (χ2n) is 4.67. The SMILES string of the molecule is CCS(=O)(=O)C1CSCCN1C(C)CCC(=O)NN. The molecule has 0 saturated carbocycles. The number of rotatable bonds is 6. The zero-order chi connectivity index (χ0) is 14.5. The molecule has 112 valence electrons. The van der Waals surface area contributed by atoms with Gasteiger partial charge in [-0.2, -0.15) is 11.8 Å². The maximum absolute atomic E-state index is 12.1. The van der Waals surface area contributed by atoms with E-state index in [9.17, 15) is 13.2 Å². The Bertz CT molecular complexity index is 400. The van der Waals surface area contributed by atoms with Crippen LogP contribution >= 0.6 is 11.8 Å². The molecule has 1 aliphatic rings. The molecule has 0 aliphatic carbocycles. The lowest BCUT2D eigenvalue weighted by Gasteiger charge is -2.38. The summed E-state index contributed by atoms with van der Waals surface area (Å²) in [4.78, 5) is 13.2. The Morgan fingerprint density at radius 3 is 2.84 bits per heavy atom. The molecule has 1 saturated heterocycles. The average Bonchev–Trinajstić information content (AvgIpc) is 2.44. The fourth-order valence-electron chi connectivity index (χ4n) is 2.18. The summed E-state index contributed by atoms with van der Waals surface area (Å²) in [6, 6.07) is 0.0597. The van der Waals surface area contributed by atoms with E-state index < -0.39 is 15.2 Å². The summed E-state index contributed by atoms with van der Waals surface area (Å²) in [6.07, 6.45) is 0.934. The number of carbonyl (C=O) groups excluding carboxylic acids is 1. The monoisotopic (exact) mass is 309 g/mol. The van der Waals surface area contributed by atoms with E-state index in [0.717, 1.165) is 12.3 Å². The number of hydrazine groups is 1. The van der Waals surface area contributed by atoms with Crippen molar-refractivity contribution in [3.63, 3.8) is 0 Å². The van der Waals surface area contributed by atoms with Gasteiger partial charge in [0.25, 0.3) is 0 Å². The van der Waals surface area contributed by atoms with Gasteiger partial charge in [-0.05, 0) is 13.3 Å². The molecule has 2 atom stereocenters. The second kappa shape index (κ2) is 7.47. The molecule has 1 fully saturated rings. The minimum Gasteiger partial charge on any atom is -0.294 e. The van der Waals surface area contributed by atoms with Gasteiger partial charge in [-0.15, -0.1) is 0 Å². The Hall–Kier alpha value is -0.310. The van der Waals surface area contributed by atoms with Crippen molar-refractivity contribution in [2.24, 2.45) is 5.84 Å². The third-order valence-corrected chi connectivity index (χ3v) is 6.76. The van der Waals surface area contributed by atoms with Gasteiger partial charge < -0.3 is 0 Å².